The molecule has 0 saturated carbocycles. The fourth-order valence-corrected chi connectivity index (χ4v) is 5.49. The fraction of sp³-hybridized carbons (Fsp3) is 0.481. The monoisotopic (exact) mass is 528 g/mol. The largest absolute Gasteiger partial charge is 0.493 e. The van der Waals surface area contributed by atoms with Crippen LogP contribution in [0, 0.1) is 0 Å². The number of carbonyl (C=O) groups is 2. The van der Waals surface area contributed by atoms with E-state index in [0.717, 1.165) is 12.0 Å². The summed E-state index contributed by atoms with van der Waals surface area (Å²) in [7, 11) is 1.47. The van der Waals surface area contributed by atoms with Crippen molar-refractivity contribution in [1.82, 2.24) is 10.2 Å². The highest BCUT2D eigenvalue weighted by Gasteiger charge is 2.52. The van der Waals surface area contributed by atoms with Gasteiger partial charge in [-0.05, 0) is 42.7 Å². The van der Waals surface area contributed by atoms with Crippen LogP contribution in [0.5, 0.6) is 11.5 Å². The maximum absolute atomic E-state index is 13.7. The number of furan rings is 1. The van der Waals surface area contributed by atoms with Gasteiger partial charge in [0, 0.05) is 36.4 Å². The lowest BCUT2D eigenvalue weighted by atomic mass is 9.77. The number of ether oxygens (including phenoxy) is 3. The fourth-order valence-electron chi connectivity index (χ4n) is 5.49. The molecule has 2 amide bonds. The standard InChI is InChI=1S/C27H32N2O9/c1-35-21-10-16(13-31)9-17-22-18(26(33)28-5-6-30)11-19(23(32)25(22)38-24(17)21)29(12-15-4-8-36-14-15)27(34)20-3-2-7-37-20/h4,8-11,14,19-20,22-23,25,30-32H,2-3,5-7,12-13H2,1H3,(H,28,33)/t19-,20?,22+,23+,25+/m1/s1. The van der Waals surface area contributed by atoms with Gasteiger partial charge in [0.2, 0.25) is 5.91 Å². The summed E-state index contributed by atoms with van der Waals surface area (Å²) in [5, 5.41) is 33.5. The number of benzene rings is 1. The van der Waals surface area contributed by atoms with Crippen molar-refractivity contribution in [3.63, 3.8) is 0 Å². The number of aliphatic hydroxyl groups excluding tert-OH is 3. The Morgan fingerprint density at radius 3 is 2.74 bits per heavy atom. The van der Waals surface area contributed by atoms with Crippen molar-refractivity contribution >= 4 is 11.8 Å². The second-order valence-electron chi connectivity index (χ2n) is 9.62. The predicted molar refractivity (Wildman–Crippen MR) is 132 cm³/mol. The summed E-state index contributed by atoms with van der Waals surface area (Å²) >= 11 is 0. The number of hydrogen-bond donors (Lipinski definition) is 4. The van der Waals surface area contributed by atoms with Crippen molar-refractivity contribution in [2.75, 3.05) is 26.9 Å². The Balaban J connectivity index is 1.59. The summed E-state index contributed by atoms with van der Waals surface area (Å²) in [6.07, 6.45) is 3.17. The minimum Gasteiger partial charge on any atom is -0.493 e. The predicted octanol–water partition coefficient (Wildman–Crippen LogP) is 0.611. The molecule has 1 aliphatic carbocycles. The van der Waals surface area contributed by atoms with Crippen LogP contribution in [0.25, 0.3) is 0 Å². The van der Waals surface area contributed by atoms with E-state index in [4.69, 9.17) is 18.6 Å². The van der Waals surface area contributed by atoms with Gasteiger partial charge in [-0.2, -0.15) is 0 Å². The zero-order valence-electron chi connectivity index (χ0n) is 21.0. The molecule has 0 radical (unpaired) electrons. The van der Waals surface area contributed by atoms with Crippen LogP contribution in [0.4, 0.5) is 0 Å². The first-order valence-corrected chi connectivity index (χ1v) is 12.7. The van der Waals surface area contributed by atoms with Crippen LogP contribution < -0.4 is 14.8 Å². The van der Waals surface area contributed by atoms with Gasteiger partial charge in [-0.15, -0.1) is 0 Å². The Morgan fingerprint density at radius 1 is 1.24 bits per heavy atom. The number of nitrogens with zero attached hydrogens (tertiary/aromatic N) is 1. The Kier molecular flexibility index (Phi) is 7.70. The molecule has 11 heteroatoms. The molecule has 204 valence electrons. The molecule has 1 unspecified atom stereocenters. The van der Waals surface area contributed by atoms with Crippen molar-refractivity contribution in [1.29, 1.82) is 0 Å². The summed E-state index contributed by atoms with van der Waals surface area (Å²) in [5.41, 5.74) is 2.15. The van der Waals surface area contributed by atoms with Gasteiger partial charge in [0.1, 0.15) is 18.3 Å². The number of amides is 2. The highest BCUT2D eigenvalue weighted by molar-refractivity contribution is 5.96. The number of nitrogens with one attached hydrogen (secondary N) is 1. The Morgan fingerprint density at radius 2 is 2.08 bits per heavy atom. The van der Waals surface area contributed by atoms with E-state index in [2.05, 4.69) is 5.32 Å². The van der Waals surface area contributed by atoms with Gasteiger partial charge in [-0.25, -0.2) is 0 Å². The molecule has 38 heavy (non-hydrogen) atoms. The average molecular weight is 529 g/mol. The first-order chi connectivity index (χ1) is 18.5. The van der Waals surface area contributed by atoms with Crippen LogP contribution >= 0.6 is 0 Å². The quantitative estimate of drug-likeness (QED) is 0.367. The van der Waals surface area contributed by atoms with E-state index in [1.165, 1.54) is 24.5 Å². The molecule has 0 spiro atoms. The van der Waals surface area contributed by atoms with Crippen molar-refractivity contribution in [3.8, 4) is 11.5 Å². The third kappa shape index (κ3) is 4.78. The minimum absolute atomic E-state index is 0.0298. The molecule has 2 aromatic rings. The summed E-state index contributed by atoms with van der Waals surface area (Å²) in [5.74, 6) is -0.710. The molecular formula is C27H32N2O9. The first-order valence-electron chi connectivity index (χ1n) is 12.7. The highest BCUT2D eigenvalue weighted by atomic mass is 16.5. The Bertz CT molecular complexity index is 1190. The van der Waals surface area contributed by atoms with Gasteiger partial charge in [0.05, 0.1) is 44.8 Å². The summed E-state index contributed by atoms with van der Waals surface area (Å²) < 4.78 is 22.6. The number of aliphatic hydroxyl groups is 3. The van der Waals surface area contributed by atoms with Gasteiger partial charge in [-0.3, -0.25) is 9.59 Å². The maximum Gasteiger partial charge on any atom is 0.252 e. The van der Waals surface area contributed by atoms with E-state index in [-0.39, 0.29) is 37.8 Å². The molecule has 2 aliphatic heterocycles. The first kappa shape index (κ1) is 26.2. The molecule has 1 saturated heterocycles. The molecule has 0 bridgehead atoms. The topological polar surface area (TPSA) is 151 Å². The van der Waals surface area contributed by atoms with Crippen LogP contribution in [0.2, 0.25) is 0 Å². The molecule has 11 nitrogen and oxygen atoms in total. The normalized spacial score (nSPS) is 25.7. The Labute approximate surface area is 219 Å². The van der Waals surface area contributed by atoms with E-state index < -0.39 is 36.2 Å². The van der Waals surface area contributed by atoms with Crippen molar-refractivity contribution in [2.24, 2.45) is 0 Å². The number of methoxy groups -OCH3 is 1. The number of fused-ring (bicyclic) bond motifs is 3. The maximum atomic E-state index is 13.7. The SMILES string of the molecule is COc1cc(CO)cc2c1O[C@@H]1[C@@H](O)[C@H](N(Cc3ccoc3)C(=O)C3CCCO3)C=C(C(=O)NCCO)[C@H]21. The lowest BCUT2D eigenvalue weighted by molar-refractivity contribution is -0.147. The smallest absolute Gasteiger partial charge is 0.252 e. The number of carbonyl (C=O) groups excluding carboxylic acids is 2. The van der Waals surface area contributed by atoms with Gasteiger partial charge in [0.25, 0.3) is 5.91 Å². The van der Waals surface area contributed by atoms with Crippen LogP contribution in [-0.4, -0.2) is 83.3 Å². The molecule has 1 fully saturated rings. The van der Waals surface area contributed by atoms with E-state index in [9.17, 15) is 24.9 Å². The van der Waals surface area contributed by atoms with Crippen molar-refractivity contribution in [2.45, 2.75) is 56.3 Å². The van der Waals surface area contributed by atoms with Gasteiger partial charge < -0.3 is 44.2 Å². The van der Waals surface area contributed by atoms with E-state index in [1.54, 1.807) is 24.3 Å². The third-order valence-electron chi connectivity index (χ3n) is 7.28. The molecular weight excluding hydrogens is 496 g/mol. The minimum atomic E-state index is -1.21. The van der Waals surface area contributed by atoms with Crippen LogP contribution in [0.1, 0.15) is 35.4 Å². The second kappa shape index (κ2) is 11.2. The van der Waals surface area contributed by atoms with Crippen molar-refractivity contribution < 1.29 is 43.5 Å². The Hall–Kier alpha value is -3.38. The number of rotatable bonds is 9. The second-order valence-corrected chi connectivity index (χ2v) is 9.62. The third-order valence-corrected chi connectivity index (χ3v) is 7.28. The van der Waals surface area contributed by atoms with Crippen LogP contribution in [0.15, 0.2) is 46.8 Å². The molecule has 1 aromatic carbocycles. The molecule has 3 heterocycles. The summed E-state index contributed by atoms with van der Waals surface area (Å²) in [4.78, 5) is 28.6. The summed E-state index contributed by atoms with van der Waals surface area (Å²) in [6, 6.07) is 4.18. The van der Waals surface area contributed by atoms with Crippen LogP contribution in [-0.2, 0) is 27.5 Å². The molecule has 3 aliphatic rings. The van der Waals surface area contributed by atoms with Gasteiger partial charge >= 0.3 is 0 Å². The molecule has 1 aromatic heterocycles. The molecule has 5 atom stereocenters. The average Bonchev–Trinajstić information content (AvgIpc) is 3.71. The van der Waals surface area contributed by atoms with E-state index in [1.807, 2.05) is 0 Å². The van der Waals surface area contributed by atoms with E-state index >= 15 is 0 Å². The van der Waals surface area contributed by atoms with E-state index in [0.29, 0.717) is 35.7 Å². The van der Waals surface area contributed by atoms with Crippen LogP contribution in [0.3, 0.4) is 0 Å². The summed E-state index contributed by atoms with van der Waals surface area (Å²) in [6.45, 7) is 0.127. The number of hydrogen-bond acceptors (Lipinski definition) is 9. The zero-order valence-corrected chi connectivity index (χ0v) is 21.0. The lowest BCUT2D eigenvalue weighted by Gasteiger charge is -2.41. The lowest BCUT2D eigenvalue weighted by Crippen LogP contribution is -2.57. The van der Waals surface area contributed by atoms with Gasteiger partial charge in [-0.1, -0.05) is 0 Å². The molecule has 4 N–H and O–H groups in total. The zero-order chi connectivity index (χ0) is 26.8. The molecule has 5 rings (SSSR count). The van der Waals surface area contributed by atoms with Gasteiger partial charge in [0.15, 0.2) is 11.5 Å². The highest BCUT2D eigenvalue weighted by Crippen LogP contribution is 2.51. The van der Waals surface area contributed by atoms with Crippen molar-refractivity contribution in [3.05, 3.63) is 59.1 Å².